The standard InChI is InChI=1S/C19H22O4S/c1-23-19(20)15-17-12-10-16(11-13-17)7-5-6-14-24(21,22)18-8-3-2-4-9-18/h2-4,8-13H,5-7,14-15H2,1H3. The molecular weight excluding hydrogens is 324 g/mol. The highest BCUT2D eigenvalue weighted by Gasteiger charge is 2.12. The summed E-state index contributed by atoms with van der Waals surface area (Å²) in [6.07, 6.45) is 2.53. The molecule has 0 fully saturated rings. The summed E-state index contributed by atoms with van der Waals surface area (Å²) in [4.78, 5) is 11.6. The molecule has 0 heterocycles. The Morgan fingerprint density at radius 1 is 0.917 bits per heavy atom. The minimum absolute atomic E-state index is 0.164. The van der Waals surface area contributed by atoms with Crippen LogP contribution in [0.25, 0.3) is 0 Å². The molecular formula is C19H22O4S. The fourth-order valence-electron chi connectivity index (χ4n) is 2.43. The number of benzene rings is 2. The number of aryl methyl sites for hydroxylation is 1. The van der Waals surface area contributed by atoms with Crippen LogP contribution in [-0.2, 0) is 32.2 Å². The van der Waals surface area contributed by atoms with Gasteiger partial charge in [-0.1, -0.05) is 42.5 Å². The number of hydrogen-bond donors (Lipinski definition) is 0. The van der Waals surface area contributed by atoms with Gasteiger partial charge in [-0.05, 0) is 42.5 Å². The lowest BCUT2D eigenvalue weighted by molar-refractivity contribution is -0.139. The summed E-state index contributed by atoms with van der Waals surface area (Å²) in [7, 11) is -1.81. The minimum atomic E-state index is -3.19. The van der Waals surface area contributed by atoms with Gasteiger partial charge in [0, 0.05) is 0 Å². The van der Waals surface area contributed by atoms with E-state index in [1.54, 1.807) is 24.3 Å². The molecule has 0 aliphatic rings. The SMILES string of the molecule is COC(=O)Cc1ccc(CCCCS(=O)(=O)c2ccccc2)cc1. The Balaban J connectivity index is 1.79. The highest BCUT2D eigenvalue weighted by Crippen LogP contribution is 2.14. The van der Waals surface area contributed by atoms with E-state index in [4.69, 9.17) is 0 Å². The summed E-state index contributed by atoms with van der Waals surface area (Å²) in [6, 6.07) is 16.3. The molecule has 0 N–H and O–H groups in total. The Bertz CT molecular complexity index is 750. The third-order valence-corrected chi connectivity index (χ3v) is 5.65. The summed E-state index contributed by atoms with van der Waals surface area (Å²) in [5.41, 5.74) is 2.05. The van der Waals surface area contributed by atoms with Gasteiger partial charge in [0.1, 0.15) is 0 Å². The van der Waals surface area contributed by atoms with Crippen LogP contribution >= 0.6 is 0 Å². The van der Waals surface area contributed by atoms with E-state index in [9.17, 15) is 13.2 Å². The van der Waals surface area contributed by atoms with E-state index in [2.05, 4.69) is 4.74 Å². The molecule has 0 unspecified atom stereocenters. The number of hydrogen-bond acceptors (Lipinski definition) is 4. The van der Waals surface area contributed by atoms with E-state index >= 15 is 0 Å². The van der Waals surface area contributed by atoms with Crippen LogP contribution in [0, 0.1) is 0 Å². The van der Waals surface area contributed by atoms with Gasteiger partial charge in [-0.3, -0.25) is 4.79 Å². The molecule has 0 spiro atoms. The Kier molecular flexibility index (Phi) is 6.55. The topological polar surface area (TPSA) is 60.4 Å². The Hall–Kier alpha value is -2.14. The first-order valence-corrected chi connectivity index (χ1v) is 9.59. The van der Waals surface area contributed by atoms with Crippen molar-refractivity contribution in [1.29, 1.82) is 0 Å². The van der Waals surface area contributed by atoms with Gasteiger partial charge in [0.25, 0.3) is 0 Å². The lowest BCUT2D eigenvalue weighted by Gasteiger charge is -2.06. The van der Waals surface area contributed by atoms with Crippen molar-refractivity contribution in [2.45, 2.75) is 30.6 Å². The van der Waals surface area contributed by atoms with Crippen molar-refractivity contribution in [2.75, 3.05) is 12.9 Å². The average Bonchev–Trinajstić information content (AvgIpc) is 2.61. The van der Waals surface area contributed by atoms with E-state index < -0.39 is 9.84 Å². The van der Waals surface area contributed by atoms with Gasteiger partial charge in [-0.15, -0.1) is 0 Å². The minimum Gasteiger partial charge on any atom is -0.469 e. The molecule has 0 radical (unpaired) electrons. The van der Waals surface area contributed by atoms with Gasteiger partial charge >= 0.3 is 5.97 Å². The Labute approximate surface area is 143 Å². The number of rotatable bonds is 8. The average molecular weight is 346 g/mol. The van der Waals surface area contributed by atoms with Crippen LogP contribution in [0.5, 0.6) is 0 Å². The molecule has 128 valence electrons. The predicted octanol–water partition coefficient (Wildman–Crippen LogP) is 3.20. The Morgan fingerprint density at radius 3 is 2.17 bits per heavy atom. The molecule has 0 aliphatic carbocycles. The maximum atomic E-state index is 12.2. The van der Waals surface area contributed by atoms with Crippen molar-refractivity contribution in [3.05, 3.63) is 65.7 Å². The van der Waals surface area contributed by atoms with Crippen LogP contribution in [0.3, 0.4) is 0 Å². The third-order valence-electron chi connectivity index (χ3n) is 3.83. The van der Waals surface area contributed by atoms with Crippen molar-refractivity contribution >= 4 is 15.8 Å². The molecule has 0 aliphatic heterocycles. The van der Waals surface area contributed by atoms with Gasteiger partial charge in [0.2, 0.25) is 0 Å². The molecule has 0 atom stereocenters. The monoisotopic (exact) mass is 346 g/mol. The second-order valence-electron chi connectivity index (χ2n) is 5.66. The van der Waals surface area contributed by atoms with Crippen LogP contribution in [0.1, 0.15) is 24.0 Å². The molecule has 24 heavy (non-hydrogen) atoms. The van der Waals surface area contributed by atoms with Gasteiger partial charge in [-0.2, -0.15) is 0 Å². The van der Waals surface area contributed by atoms with Crippen LogP contribution in [-0.4, -0.2) is 27.2 Å². The summed E-state index contributed by atoms with van der Waals surface area (Å²) in [6.45, 7) is 0. The molecule has 0 amide bonds. The highest BCUT2D eigenvalue weighted by atomic mass is 32.2. The first kappa shape index (κ1) is 18.2. The van der Waals surface area contributed by atoms with Crippen LogP contribution < -0.4 is 0 Å². The first-order valence-electron chi connectivity index (χ1n) is 7.94. The molecule has 4 nitrogen and oxygen atoms in total. The molecule has 5 heteroatoms. The number of esters is 1. The second-order valence-corrected chi connectivity index (χ2v) is 7.77. The zero-order valence-corrected chi connectivity index (χ0v) is 14.6. The van der Waals surface area contributed by atoms with E-state index in [1.165, 1.54) is 7.11 Å². The molecule has 0 saturated heterocycles. The number of methoxy groups -OCH3 is 1. The second kappa shape index (κ2) is 8.64. The van der Waals surface area contributed by atoms with E-state index in [1.807, 2.05) is 30.3 Å². The van der Waals surface area contributed by atoms with Gasteiger partial charge in [0.15, 0.2) is 9.84 Å². The molecule has 2 aromatic rings. The van der Waals surface area contributed by atoms with Gasteiger partial charge < -0.3 is 4.74 Å². The van der Waals surface area contributed by atoms with Crippen molar-refractivity contribution in [3.63, 3.8) is 0 Å². The molecule has 0 bridgehead atoms. The van der Waals surface area contributed by atoms with Crippen molar-refractivity contribution in [3.8, 4) is 0 Å². The van der Waals surface area contributed by atoms with Crippen molar-refractivity contribution in [2.24, 2.45) is 0 Å². The van der Waals surface area contributed by atoms with Gasteiger partial charge in [0.05, 0.1) is 24.2 Å². The normalized spacial score (nSPS) is 11.2. The molecule has 0 saturated carbocycles. The third kappa shape index (κ3) is 5.49. The number of carbonyl (C=O) groups excluding carboxylic acids is 1. The van der Waals surface area contributed by atoms with Crippen molar-refractivity contribution < 1.29 is 17.9 Å². The van der Waals surface area contributed by atoms with Crippen LogP contribution in [0.4, 0.5) is 0 Å². The number of carbonyl (C=O) groups is 1. The van der Waals surface area contributed by atoms with E-state index in [-0.39, 0.29) is 18.1 Å². The maximum absolute atomic E-state index is 12.2. The van der Waals surface area contributed by atoms with E-state index in [0.717, 1.165) is 24.0 Å². The molecule has 2 aromatic carbocycles. The summed E-state index contributed by atoms with van der Waals surface area (Å²) in [5.74, 6) is -0.0916. The number of sulfone groups is 1. The van der Waals surface area contributed by atoms with E-state index in [0.29, 0.717) is 11.3 Å². The van der Waals surface area contributed by atoms with Crippen LogP contribution in [0.2, 0.25) is 0 Å². The first-order chi connectivity index (χ1) is 11.5. The molecule has 0 aromatic heterocycles. The fraction of sp³-hybridized carbons (Fsp3) is 0.316. The lowest BCUT2D eigenvalue weighted by atomic mass is 10.1. The zero-order valence-electron chi connectivity index (χ0n) is 13.8. The predicted molar refractivity (Wildman–Crippen MR) is 93.6 cm³/mol. The summed E-state index contributed by atoms with van der Waals surface area (Å²) < 4.78 is 29.0. The summed E-state index contributed by atoms with van der Waals surface area (Å²) in [5, 5.41) is 0. The Morgan fingerprint density at radius 2 is 1.54 bits per heavy atom. The largest absolute Gasteiger partial charge is 0.469 e. The summed E-state index contributed by atoms with van der Waals surface area (Å²) >= 11 is 0. The zero-order chi connectivity index (χ0) is 17.4. The smallest absolute Gasteiger partial charge is 0.309 e. The lowest BCUT2D eigenvalue weighted by Crippen LogP contribution is -2.07. The highest BCUT2D eigenvalue weighted by molar-refractivity contribution is 7.91. The van der Waals surface area contributed by atoms with Gasteiger partial charge in [-0.25, -0.2) is 8.42 Å². The van der Waals surface area contributed by atoms with Crippen molar-refractivity contribution in [1.82, 2.24) is 0 Å². The van der Waals surface area contributed by atoms with Crippen LogP contribution in [0.15, 0.2) is 59.5 Å². The fourth-order valence-corrected chi connectivity index (χ4v) is 3.82. The molecule has 2 rings (SSSR count). The quantitative estimate of drug-likeness (QED) is 0.544. The number of unbranched alkanes of at least 4 members (excludes halogenated alkanes) is 1. The number of ether oxygens (including phenoxy) is 1. The maximum Gasteiger partial charge on any atom is 0.309 e.